The summed E-state index contributed by atoms with van der Waals surface area (Å²) in [5, 5.41) is 3.34. The Bertz CT molecular complexity index is 626. The maximum atomic E-state index is 13.7. The number of halogens is 1. The number of aromatic nitrogens is 2. The number of nitrogens with one attached hydrogen (secondary N) is 1. The first kappa shape index (κ1) is 16.4. The minimum Gasteiger partial charge on any atom is -0.370 e. The molecule has 2 aromatic rings. The Labute approximate surface area is 132 Å². The molecule has 0 fully saturated rings. The molecule has 0 aliphatic rings. The molecule has 0 saturated carbocycles. The summed E-state index contributed by atoms with van der Waals surface area (Å²) in [5.41, 5.74) is 2.22. The summed E-state index contributed by atoms with van der Waals surface area (Å²) in [7, 11) is 0. The van der Waals surface area contributed by atoms with E-state index in [4.69, 9.17) is 0 Å². The number of aryl methyl sites for hydroxylation is 2. The Morgan fingerprint density at radius 1 is 1.05 bits per heavy atom. The topological polar surface area (TPSA) is 37.8 Å². The summed E-state index contributed by atoms with van der Waals surface area (Å²) in [4.78, 5) is 8.92. The van der Waals surface area contributed by atoms with Gasteiger partial charge in [0.1, 0.15) is 11.6 Å². The van der Waals surface area contributed by atoms with Gasteiger partial charge in [0.25, 0.3) is 0 Å². The monoisotopic (exact) mass is 301 g/mol. The van der Waals surface area contributed by atoms with E-state index in [2.05, 4.69) is 22.2 Å². The van der Waals surface area contributed by atoms with Crippen molar-refractivity contribution in [2.24, 2.45) is 0 Å². The van der Waals surface area contributed by atoms with Crippen LogP contribution >= 0.6 is 0 Å². The second-order valence-corrected chi connectivity index (χ2v) is 5.67. The molecule has 0 atom stereocenters. The van der Waals surface area contributed by atoms with Gasteiger partial charge in [0, 0.05) is 23.9 Å². The molecule has 0 radical (unpaired) electrons. The summed E-state index contributed by atoms with van der Waals surface area (Å²) < 4.78 is 13.7. The number of unbranched alkanes of at least 4 members (excludes halogenated alkanes) is 3. The van der Waals surface area contributed by atoms with Crippen molar-refractivity contribution >= 4 is 5.82 Å². The molecule has 0 unspecified atom stereocenters. The number of nitrogens with zero attached hydrogens (tertiary/aromatic N) is 2. The number of rotatable bonds is 7. The van der Waals surface area contributed by atoms with Crippen LogP contribution in [0.15, 0.2) is 24.3 Å². The summed E-state index contributed by atoms with van der Waals surface area (Å²) in [6.45, 7) is 6.78. The lowest BCUT2D eigenvalue weighted by molar-refractivity contribution is 0.619. The van der Waals surface area contributed by atoms with Crippen LogP contribution in [-0.2, 0) is 0 Å². The van der Waals surface area contributed by atoms with Crippen molar-refractivity contribution in [1.82, 2.24) is 9.97 Å². The molecule has 0 amide bonds. The third-order valence-electron chi connectivity index (χ3n) is 3.62. The Hall–Kier alpha value is -1.97. The van der Waals surface area contributed by atoms with Crippen molar-refractivity contribution in [3.8, 4) is 11.4 Å². The second kappa shape index (κ2) is 7.87. The molecule has 1 N–H and O–H groups in total. The molecule has 1 aromatic heterocycles. The first-order valence-electron chi connectivity index (χ1n) is 7.96. The first-order chi connectivity index (χ1) is 10.6. The fourth-order valence-electron chi connectivity index (χ4n) is 2.29. The molecule has 0 aliphatic heterocycles. The lowest BCUT2D eigenvalue weighted by Crippen LogP contribution is -2.05. The smallest absolute Gasteiger partial charge is 0.161 e. The summed E-state index contributed by atoms with van der Waals surface area (Å²) in [6, 6.07) is 7.04. The zero-order valence-corrected chi connectivity index (χ0v) is 13.6. The van der Waals surface area contributed by atoms with Gasteiger partial charge >= 0.3 is 0 Å². The molecule has 0 spiro atoms. The molecule has 0 aliphatic carbocycles. The molecule has 4 heteroatoms. The van der Waals surface area contributed by atoms with Crippen molar-refractivity contribution in [3.05, 3.63) is 41.3 Å². The maximum Gasteiger partial charge on any atom is 0.161 e. The van der Waals surface area contributed by atoms with Crippen LogP contribution in [0.4, 0.5) is 10.2 Å². The minimum atomic E-state index is -0.225. The van der Waals surface area contributed by atoms with Crippen LogP contribution in [0, 0.1) is 19.7 Å². The van der Waals surface area contributed by atoms with E-state index < -0.39 is 0 Å². The van der Waals surface area contributed by atoms with Gasteiger partial charge in [0.15, 0.2) is 5.82 Å². The highest BCUT2D eigenvalue weighted by Gasteiger charge is 2.07. The largest absolute Gasteiger partial charge is 0.370 e. The molecule has 1 heterocycles. The van der Waals surface area contributed by atoms with Gasteiger partial charge < -0.3 is 5.32 Å². The highest BCUT2D eigenvalue weighted by molar-refractivity contribution is 5.58. The predicted molar refractivity (Wildman–Crippen MR) is 89.5 cm³/mol. The van der Waals surface area contributed by atoms with E-state index in [1.165, 1.54) is 25.3 Å². The summed E-state index contributed by atoms with van der Waals surface area (Å²) in [6.07, 6.45) is 4.85. The quantitative estimate of drug-likeness (QED) is 0.740. The molecule has 0 bridgehead atoms. The van der Waals surface area contributed by atoms with E-state index in [1.54, 1.807) is 13.0 Å². The van der Waals surface area contributed by atoms with Crippen LogP contribution in [0.1, 0.15) is 43.9 Å². The van der Waals surface area contributed by atoms with Gasteiger partial charge in [-0.2, -0.15) is 0 Å². The van der Waals surface area contributed by atoms with Gasteiger partial charge in [0.05, 0.1) is 0 Å². The Balaban J connectivity index is 2.10. The number of benzene rings is 1. The van der Waals surface area contributed by atoms with Gasteiger partial charge in [-0.15, -0.1) is 0 Å². The molecular weight excluding hydrogens is 277 g/mol. The molecular formula is C18H24FN3. The SMILES string of the molecule is CCCCCCNc1cc(C)nc(-c2ccc(C)c(F)c2)n1. The molecule has 0 saturated heterocycles. The van der Waals surface area contributed by atoms with Crippen LogP contribution in [0.5, 0.6) is 0 Å². The molecule has 2 rings (SSSR count). The highest BCUT2D eigenvalue weighted by Crippen LogP contribution is 2.20. The number of anilines is 1. The van der Waals surface area contributed by atoms with Crippen molar-refractivity contribution in [2.75, 3.05) is 11.9 Å². The third-order valence-corrected chi connectivity index (χ3v) is 3.62. The lowest BCUT2D eigenvalue weighted by Gasteiger charge is -2.09. The molecule has 118 valence electrons. The van der Waals surface area contributed by atoms with E-state index in [1.807, 2.05) is 19.1 Å². The van der Waals surface area contributed by atoms with Gasteiger partial charge in [-0.25, -0.2) is 14.4 Å². The maximum absolute atomic E-state index is 13.7. The van der Waals surface area contributed by atoms with Crippen LogP contribution in [0.3, 0.4) is 0 Å². The predicted octanol–water partition coefficient (Wildman–Crippen LogP) is 4.89. The highest BCUT2D eigenvalue weighted by atomic mass is 19.1. The molecule has 22 heavy (non-hydrogen) atoms. The van der Waals surface area contributed by atoms with Crippen LogP contribution in [-0.4, -0.2) is 16.5 Å². The van der Waals surface area contributed by atoms with E-state index in [9.17, 15) is 4.39 Å². The number of hydrogen-bond acceptors (Lipinski definition) is 3. The Morgan fingerprint density at radius 3 is 2.59 bits per heavy atom. The second-order valence-electron chi connectivity index (χ2n) is 5.67. The van der Waals surface area contributed by atoms with Crippen molar-refractivity contribution in [2.45, 2.75) is 46.5 Å². The fraction of sp³-hybridized carbons (Fsp3) is 0.444. The van der Waals surface area contributed by atoms with E-state index in [-0.39, 0.29) is 5.82 Å². The van der Waals surface area contributed by atoms with E-state index >= 15 is 0 Å². The lowest BCUT2D eigenvalue weighted by atomic mass is 10.1. The van der Waals surface area contributed by atoms with Crippen molar-refractivity contribution in [3.63, 3.8) is 0 Å². The van der Waals surface area contributed by atoms with Gasteiger partial charge in [0.2, 0.25) is 0 Å². The Kier molecular flexibility index (Phi) is 5.87. The Morgan fingerprint density at radius 2 is 1.86 bits per heavy atom. The zero-order chi connectivity index (χ0) is 15.9. The van der Waals surface area contributed by atoms with Crippen molar-refractivity contribution in [1.29, 1.82) is 0 Å². The van der Waals surface area contributed by atoms with Gasteiger partial charge in [-0.3, -0.25) is 0 Å². The van der Waals surface area contributed by atoms with Gasteiger partial charge in [-0.05, 0) is 31.9 Å². The first-order valence-corrected chi connectivity index (χ1v) is 7.96. The van der Waals surface area contributed by atoms with Gasteiger partial charge in [-0.1, -0.05) is 38.3 Å². The summed E-state index contributed by atoms with van der Waals surface area (Å²) >= 11 is 0. The van der Waals surface area contributed by atoms with Crippen LogP contribution < -0.4 is 5.32 Å². The molecule has 3 nitrogen and oxygen atoms in total. The normalized spacial score (nSPS) is 10.7. The van der Waals surface area contributed by atoms with E-state index in [0.717, 1.165) is 24.5 Å². The third kappa shape index (κ3) is 4.52. The minimum absolute atomic E-state index is 0.225. The van der Waals surface area contributed by atoms with Crippen molar-refractivity contribution < 1.29 is 4.39 Å². The van der Waals surface area contributed by atoms with Crippen LogP contribution in [0.2, 0.25) is 0 Å². The fourth-order valence-corrected chi connectivity index (χ4v) is 2.29. The zero-order valence-electron chi connectivity index (χ0n) is 13.6. The average molecular weight is 301 g/mol. The summed E-state index contributed by atoms with van der Waals surface area (Å²) in [5.74, 6) is 1.15. The van der Waals surface area contributed by atoms with E-state index in [0.29, 0.717) is 17.0 Å². The van der Waals surface area contributed by atoms with Crippen LogP contribution in [0.25, 0.3) is 11.4 Å². The number of hydrogen-bond donors (Lipinski definition) is 1. The average Bonchev–Trinajstić information content (AvgIpc) is 2.49. The standard InChI is InChI=1S/C18H24FN3/c1-4-5-6-7-10-20-17-11-14(3)21-18(22-17)15-9-8-13(2)16(19)12-15/h8-9,11-12H,4-7,10H2,1-3H3,(H,20,21,22). The molecule has 1 aromatic carbocycles.